The van der Waals surface area contributed by atoms with Gasteiger partial charge < -0.3 is 16.4 Å². The lowest BCUT2D eigenvalue weighted by molar-refractivity contribution is -0.123. The van der Waals surface area contributed by atoms with Gasteiger partial charge in [0.25, 0.3) is 0 Å². The summed E-state index contributed by atoms with van der Waals surface area (Å²) in [7, 11) is 0. The summed E-state index contributed by atoms with van der Waals surface area (Å²) in [5.41, 5.74) is 4.98. The Labute approximate surface area is 93.5 Å². The van der Waals surface area contributed by atoms with Crippen LogP contribution in [0.1, 0.15) is 12.8 Å². The standard InChI is InChI=1S/C9H17N3O2S/c10-8(13)2-1-3-12-9(14)7-6-15-5-4-11-7/h7,11H,1-6H2,(H2,10,13)(H,12,14). The van der Waals surface area contributed by atoms with Crippen LogP contribution >= 0.6 is 11.8 Å². The lowest BCUT2D eigenvalue weighted by atomic mass is 10.2. The SMILES string of the molecule is NC(=O)CCCNC(=O)C1CSCCN1. The highest BCUT2D eigenvalue weighted by Gasteiger charge is 2.19. The summed E-state index contributed by atoms with van der Waals surface area (Å²) in [6.07, 6.45) is 0.939. The van der Waals surface area contributed by atoms with Crippen molar-refractivity contribution in [1.82, 2.24) is 10.6 Å². The predicted octanol–water partition coefficient (Wildman–Crippen LogP) is -0.927. The van der Waals surface area contributed by atoms with Crippen molar-refractivity contribution in [3.05, 3.63) is 0 Å². The zero-order valence-corrected chi connectivity index (χ0v) is 9.44. The molecule has 1 rings (SSSR count). The van der Waals surface area contributed by atoms with Crippen LogP contribution in [0.2, 0.25) is 0 Å². The molecule has 1 fully saturated rings. The van der Waals surface area contributed by atoms with E-state index in [4.69, 9.17) is 5.73 Å². The summed E-state index contributed by atoms with van der Waals surface area (Å²) in [6, 6.07) is -0.0858. The van der Waals surface area contributed by atoms with Gasteiger partial charge in [0.05, 0.1) is 6.04 Å². The number of hydrogen-bond acceptors (Lipinski definition) is 4. The van der Waals surface area contributed by atoms with Gasteiger partial charge in [-0.2, -0.15) is 11.8 Å². The van der Waals surface area contributed by atoms with Crippen LogP contribution in [0.3, 0.4) is 0 Å². The molecule has 4 N–H and O–H groups in total. The number of carbonyl (C=O) groups is 2. The fourth-order valence-electron chi connectivity index (χ4n) is 1.33. The number of thioether (sulfide) groups is 1. The maximum absolute atomic E-state index is 11.5. The molecule has 1 aliphatic rings. The summed E-state index contributed by atoms with van der Waals surface area (Å²) in [5, 5.41) is 5.93. The summed E-state index contributed by atoms with van der Waals surface area (Å²) >= 11 is 1.78. The Kier molecular flexibility index (Phi) is 5.49. The molecule has 1 unspecified atom stereocenters. The third-order valence-electron chi connectivity index (χ3n) is 2.14. The highest BCUT2D eigenvalue weighted by atomic mass is 32.2. The van der Waals surface area contributed by atoms with Crippen LogP contribution < -0.4 is 16.4 Å². The van der Waals surface area contributed by atoms with Crippen LogP contribution in [0.4, 0.5) is 0 Å². The van der Waals surface area contributed by atoms with Gasteiger partial charge in [-0.15, -0.1) is 0 Å². The van der Waals surface area contributed by atoms with Gasteiger partial charge >= 0.3 is 0 Å². The Morgan fingerprint density at radius 1 is 1.53 bits per heavy atom. The third-order valence-corrected chi connectivity index (χ3v) is 3.20. The van der Waals surface area contributed by atoms with Crippen molar-refractivity contribution < 1.29 is 9.59 Å². The van der Waals surface area contributed by atoms with E-state index in [-0.39, 0.29) is 17.9 Å². The molecule has 2 amide bonds. The van der Waals surface area contributed by atoms with Crippen LogP contribution in [0.15, 0.2) is 0 Å². The second-order valence-corrected chi connectivity index (χ2v) is 4.59. The minimum Gasteiger partial charge on any atom is -0.370 e. The second-order valence-electron chi connectivity index (χ2n) is 3.44. The van der Waals surface area contributed by atoms with Crippen molar-refractivity contribution in [2.45, 2.75) is 18.9 Å². The number of amides is 2. The largest absolute Gasteiger partial charge is 0.370 e. The Morgan fingerprint density at radius 2 is 2.33 bits per heavy atom. The molecule has 0 aromatic carbocycles. The van der Waals surface area contributed by atoms with E-state index in [0.29, 0.717) is 19.4 Å². The first-order valence-corrected chi connectivity index (χ1v) is 6.23. The van der Waals surface area contributed by atoms with E-state index in [1.807, 2.05) is 0 Å². The first-order chi connectivity index (χ1) is 7.20. The smallest absolute Gasteiger partial charge is 0.237 e. The molecule has 0 bridgehead atoms. The van der Waals surface area contributed by atoms with Gasteiger partial charge in [0.15, 0.2) is 0 Å². The van der Waals surface area contributed by atoms with Gasteiger partial charge in [-0.25, -0.2) is 0 Å². The summed E-state index contributed by atoms with van der Waals surface area (Å²) in [4.78, 5) is 22.0. The lowest BCUT2D eigenvalue weighted by Crippen LogP contribution is -2.49. The maximum atomic E-state index is 11.5. The molecule has 1 heterocycles. The molecule has 6 heteroatoms. The molecule has 1 aliphatic heterocycles. The van der Waals surface area contributed by atoms with Crippen LogP contribution in [-0.2, 0) is 9.59 Å². The van der Waals surface area contributed by atoms with Crippen LogP contribution in [0, 0.1) is 0 Å². The van der Waals surface area contributed by atoms with Crippen molar-refractivity contribution in [1.29, 1.82) is 0 Å². The number of primary amides is 1. The van der Waals surface area contributed by atoms with Crippen LogP contribution in [-0.4, -0.2) is 42.5 Å². The zero-order valence-electron chi connectivity index (χ0n) is 8.62. The van der Waals surface area contributed by atoms with Crippen molar-refractivity contribution in [3.8, 4) is 0 Å². The molecule has 1 atom stereocenters. The summed E-state index contributed by atoms with van der Waals surface area (Å²) in [6.45, 7) is 1.40. The maximum Gasteiger partial charge on any atom is 0.237 e. The number of nitrogens with two attached hydrogens (primary N) is 1. The lowest BCUT2D eigenvalue weighted by Gasteiger charge is -2.22. The fourth-order valence-corrected chi connectivity index (χ4v) is 2.27. The molecule has 5 nitrogen and oxygen atoms in total. The minimum absolute atomic E-state index is 0.0201. The minimum atomic E-state index is -0.324. The van der Waals surface area contributed by atoms with E-state index in [9.17, 15) is 9.59 Å². The zero-order chi connectivity index (χ0) is 11.1. The fraction of sp³-hybridized carbons (Fsp3) is 0.778. The molecule has 1 saturated heterocycles. The molecule has 86 valence electrons. The summed E-state index contributed by atoms with van der Waals surface area (Å²) < 4.78 is 0. The van der Waals surface area contributed by atoms with Gasteiger partial charge in [0.2, 0.25) is 11.8 Å². The normalized spacial score (nSPS) is 20.9. The molecule has 0 radical (unpaired) electrons. The molecule has 15 heavy (non-hydrogen) atoms. The van der Waals surface area contributed by atoms with Crippen molar-refractivity contribution >= 4 is 23.6 Å². The number of carbonyl (C=O) groups excluding carboxylic acids is 2. The molecule has 0 spiro atoms. The van der Waals surface area contributed by atoms with Gasteiger partial charge in [-0.1, -0.05) is 0 Å². The Hall–Kier alpha value is -0.750. The number of rotatable bonds is 5. The molecular weight excluding hydrogens is 214 g/mol. The van der Waals surface area contributed by atoms with Crippen molar-refractivity contribution in [2.24, 2.45) is 5.73 Å². The van der Waals surface area contributed by atoms with E-state index in [2.05, 4.69) is 10.6 Å². The molecule has 0 saturated carbocycles. The van der Waals surface area contributed by atoms with Gasteiger partial charge in [0.1, 0.15) is 0 Å². The van der Waals surface area contributed by atoms with Gasteiger partial charge in [-0.05, 0) is 6.42 Å². The molecule has 0 aromatic heterocycles. The Morgan fingerprint density at radius 3 is 2.93 bits per heavy atom. The number of hydrogen-bond donors (Lipinski definition) is 3. The highest BCUT2D eigenvalue weighted by molar-refractivity contribution is 7.99. The van der Waals surface area contributed by atoms with Gasteiger partial charge in [0, 0.05) is 31.0 Å². The topological polar surface area (TPSA) is 84.2 Å². The molecule has 0 aromatic rings. The number of nitrogens with one attached hydrogen (secondary N) is 2. The van der Waals surface area contributed by atoms with Crippen molar-refractivity contribution in [3.63, 3.8) is 0 Å². The monoisotopic (exact) mass is 231 g/mol. The Balaban J connectivity index is 2.09. The first kappa shape index (κ1) is 12.3. The van der Waals surface area contributed by atoms with E-state index in [0.717, 1.165) is 18.1 Å². The van der Waals surface area contributed by atoms with Gasteiger partial charge in [-0.3, -0.25) is 9.59 Å². The average molecular weight is 231 g/mol. The van der Waals surface area contributed by atoms with E-state index < -0.39 is 0 Å². The van der Waals surface area contributed by atoms with E-state index in [1.54, 1.807) is 11.8 Å². The molecule has 0 aliphatic carbocycles. The first-order valence-electron chi connectivity index (χ1n) is 5.07. The molecular formula is C9H17N3O2S. The summed E-state index contributed by atoms with van der Waals surface area (Å²) in [5.74, 6) is 1.58. The van der Waals surface area contributed by atoms with E-state index >= 15 is 0 Å². The predicted molar refractivity (Wildman–Crippen MR) is 60.6 cm³/mol. The Bertz CT molecular complexity index is 229. The quantitative estimate of drug-likeness (QED) is 0.534. The van der Waals surface area contributed by atoms with Crippen LogP contribution in [0.5, 0.6) is 0 Å². The van der Waals surface area contributed by atoms with Crippen molar-refractivity contribution in [2.75, 3.05) is 24.6 Å². The van der Waals surface area contributed by atoms with Crippen LogP contribution in [0.25, 0.3) is 0 Å². The average Bonchev–Trinajstić information content (AvgIpc) is 2.25. The third kappa shape index (κ3) is 5.03. The van der Waals surface area contributed by atoms with E-state index in [1.165, 1.54) is 0 Å². The highest BCUT2D eigenvalue weighted by Crippen LogP contribution is 2.07. The second kappa shape index (κ2) is 6.68.